The number of azide groups is 1. The molecule has 12 aliphatic carbocycles. The summed E-state index contributed by atoms with van der Waals surface area (Å²) < 4.78 is 38.0. The molecule has 108 heavy (non-hydrogen) atoms. The van der Waals surface area contributed by atoms with Crippen LogP contribution in [0.15, 0.2) is 17.5 Å². The molecule has 0 saturated heterocycles. The number of ether oxygens (including phenoxy) is 6. The predicted molar refractivity (Wildman–Crippen MR) is 404 cm³/mol. The van der Waals surface area contributed by atoms with E-state index in [9.17, 15) is 28.8 Å². The fraction of sp³-hybridized carbons (Fsp3) is 0.862. The van der Waals surface area contributed by atoms with Gasteiger partial charge in [0.1, 0.15) is 62.5 Å². The number of carbonyl (C=O) groups is 6. The van der Waals surface area contributed by atoms with Gasteiger partial charge in [0.2, 0.25) is 0 Å². The lowest BCUT2D eigenvalue weighted by molar-refractivity contribution is -0.164. The summed E-state index contributed by atoms with van der Waals surface area (Å²) in [4.78, 5) is 81.0. The summed E-state index contributed by atoms with van der Waals surface area (Å²) in [5.41, 5.74) is 11.2. The zero-order chi connectivity index (χ0) is 76.1. The van der Waals surface area contributed by atoms with Crippen molar-refractivity contribution in [2.75, 3.05) is 13.2 Å². The van der Waals surface area contributed by atoms with Crippen LogP contribution in [0.5, 0.6) is 0 Å². The Morgan fingerprint density at radius 1 is 0.463 bits per heavy atom. The zero-order valence-electron chi connectivity index (χ0n) is 66.9. The number of hydrogen-bond donors (Lipinski definition) is 0. The summed E-state index contributed by atoms with van der Waals surface area (Å²) in [6.45, 7) is 22.1. The highest BCUT2D eigenvalue weighted by Crippen LogP contribution is 2.72. The van der Waals surface area contributed by atoms with Gasteiger partial charge >= 0.3 is 35.8 Å². The lowest BCUT2D eigenvalue weighted by Gasteiger charge is -2.61. The van der Waals surface area contributed by atoms with Gasteiger partial charge in [-0.25, -0.2) is 9.36 Å². The van der Waals surface area contributed by atoms with Crippen LogP contribution >= 0.6 is 0 Å². The van der Waals surface area contributed by atoms with Crippen LogP contribution in [-0.4, -0.2) is 97.3 Å². The quantitative estimate of drug-likeness (QED) is 0.0211. The Labute approximate surface area is 642 Å². The second kappa shape index (κ2) is 32.2. The normalized spacial score (nSPS) is 40.6. The molecule has 2 aromatic heterocycles. The van der Waals surface area contributed by atoms with Gasteiger partial charge in [0.15, 0.2) is 6.61 Å². The number of esters is 6. The van der Waals surface area contributed by atoms with Crippen LogP contribution < -0.4 is 0 Å². The van der Waals surface area contributed by atoms with Gasteiger partial charge in [-0.1, -0.05) is 83.8 Å². The van der Waals surface area contributed by atoms with E-state index in [0.717, 1.165) is 95.3 Å². The van der Waals surface area contributed by atoms with Crippen molar-refractivity contribution in [1.82, 2.24) is 30.0 Å². The van der Waals surface area contributed by atoms with E-state index in [-0.39, 0.29) is 115 Å². The van der Waals surface area contributed by atoms with E-state index in [0.29, 0.717) is 131 Å². The third-order valence-corrected chi connectivity index (χ3v) is 34.5. The molecule has 0 unspecified atom stereocenters. The molecular formula is C87H129N9O12. The summed E-state index contributed by atoms with van der Waals surface area (Å²) in [5, 5.41) is 20.4. The molecule has 12 aliphatic rings. The van der Waals surface area contributed by atoms with Crippen molar-refractivity contribution in [1.29, 1.82) is 0 Å². The topological polar surface area (TPSA) is 268 Å². The van der Waals surface area contributed by atoms with Crippen molar-refractivity contribution in [3.8, 4) is 12.3 Å². The molecule has 0 spiro atoms. The Bertz CT molecular complexity index is 3680. The first-order chi connectivity index (χ1) is 51.7. The summed E-state index contributed by atoms with van der Waals surface area (Å²) >= 11 is 0. The molecule has 594 valence electrons. The number of hydrogen-bond acceptors (Lipinski definition) is 17. The molecule has 2 aromatic rings. The molecule has 21 heteroatoms. The minimum absolute atomic E-state index is 0.0136. The molecule has 21 nitrogen and oxygen atoms in total. The van der Waals surface area contributed by atoms with Crippen molar-refractivity contribution < 1.29 is 57.2 Å². The highest BCUT2D eigenvalue weighted by Gasteiger charge is 2.65. The Morgan fingerprint density at radius 3 is 1.15 bits per heavy atom. The zero-order valence-corrected chi connectivity index (χ0v) is 66.9. The lowest BCUT2D eigenvalue weighted by atomic mass is 9.44. The van der Waals surface area contributed by atoms with Gasteiger partial charge in [0.25, 0.3) is 0 Å². The fourth-order valence-corrected chi connectivity index (χ4v) is 29.2. The van der Waals surface area contributed by atoms with E-state index in [2.05, 4.69) is 98.9 Å². The van der Waals surface area contributed by atoms with E-state index in [4.69, 9.17) is 40.4 Å². The van der Waals surface area contributed by atoms with Crippen LogP contribution in [0.2, 0.25) is 0 Å². The van der Waals surface area contributed by atoms with Gasteiger partial charge in [-0.05, 0) is 337 Å². The molecule has 14 rings (SSSR count). The molecule has 0 aromatic carbocycles. The van der Waals surface area contributed by atoms with Crippen LogP contribution in [-0.2, 0) is 83.5 Å². The van der Waals surface area contributed by atoms with Gasteiger partial charge in [0.05, 0.1) is 12.4 Å². The average molecular weight is 1490 g/mol. The number of carbonyl (C=O) groups excluding carboxylic acids is 6. The number of nitrogens with zero attached hydrogens (tertiary/aromatic N) is 9. The summed E-state index contributed by atoms with van der Waals surface area (Å²) in [6, 6.07) is 0. The van der Waals surface area contributed by atoms with Crippen LogP contribution in [0.1, 0.15) is 286 Å². The Balaban J connectivity index is 0.464. The number of terminal acetylenes is 1. The predicted octanol–water partition coefficient (Wildman–Crippen LogP) is 17.1. The molecular weight excluding hydrogens is 1360 g/mol. The van der Waals surface area contributed by atoms with Gasteiger partial charge in [-0.3, -0.25) is 28.8 Å². The number of aromatic nitrogens is 6. The molecule has 12 saturated carbocycles. The van der Waals surface area contributed by atoms with E-state index in [1.54, 1.807) is 12.4 Å². The first-order valence-corrected chi connectivity index (χ1v) is 43.0. The average Bonchev–Trinajstić information content (AvgIpc) is 1.38. The maximum atomic E-state index is 13.5. The van der Waals surface area contributed by atoms with E-state index in [1.807, 2.05) is 0 Å². The van der Waals surface area contributed by atoms with Crippen LogP contribution in [0.3, 0.4) is 0 Å². The molecule has 0 aliphatic heterocycles. The maximum Gasteiger partial charge on any atom is 0.328 e. The standard InChI is InChI=1S/C87H129N9O12/c1-11-42-103-76(97)27-12-53(2)67-21-24-70-65-19-16-57-44-62(31-37-83(57,6)74(65)34-39-85(67,70)8)107-80(101)49-95-48-60(91-93-95)52-105-78(99)29-14-55(4)69-23-26-72-66-20-17-58-45-63(32-38-84(58,7)75(66)35-41-87(69,72)10)108-81(102)50-96-47-59(90-94-96)51-104-77(98)28-13-54(3)68-22-25-71-64-18-15-56-43-61(106-79(100)46-89-92-88)30-36-82(56,5)73(64)33-40-86(68,71)9/h1,47-48,53-58,61-75H,12-46,49-52H2,2-10H3/t53-,54-,55-,56-,57-,58-,61-,62-,63-,64+,65+,66+,67-,68-,69-,70+,71+,72+,73+,74+,75+,82+,83+,84+,85-,86-,87-/m1/s1. The third kappa shape index (κ3) is 15.5. The van der Waals surface area contributed by atoms with Crippen molar-refractivity contribution in [2.24, 2.45) is 144 Å². The second-order valence-electron chi connectivity index (χ2n) is 39.3. The molecule has 2 heterocycles. The minimum Gasteiger partial charge on any atom is -0.462 e. The van der Waals surface area contributed by atoms with Crippen molar-refractivity contribution in [2.45, 2.75) is 319 Å². The smallest absolute Gasteiger partial charge is 0.328 e. The van der Waals surface area contributed by atoms with Gasteiger partial charge in [-0.2, -0.15) is 0 Å². The van der Waals surface area contributed by atoms with E-state index >= 15 is 0 Å². The molecule has 0 bridgehead atoms. The van der Waals surface area contributed by atoms with Crippen molar-refractivity contribution in [3.05, 3.63) is 34.2 Å². The molecule has 0 radical (unpaired) electrons. The molecule has 12 fully saturated rings. The van der Waals surface area contributed by atoms with Gasteiger partial charge in [0, 0.05) is 24.2 Å². The summed E-state index contributed by atoms with van der Waals surface area (Å²) in [6.07, 6.45) is 42.6. The van der Waals surface area contributed by atoms with E-state index < -0.39 is 5.97 Å². The minimum atomic E-state index is -0.424. The highest BCUT2D eigenvalue weighted by atomic mass is 16.6. The Morgan fingerprint density at radius 2 is 0.796 bits per heavy atom. The van der Waals surface area contributed by atoms with Crippen LogP contribution in [0, 0.1) is 151 Å². The highest BCUT2D eigenvalue weighted by molar-refractivity contribution is 5.72. The largest absolute Gasteiger partial charge is 0.462 e. The number of rotatable bonds is 26. The maximum absolute atomic E-state index is 13.5. The van der Waals surface area contributed by atoms with Crippen LogP contribution in [0.4, 0.5) is 0 Å². The van der Waals surface area contributed by atoms with Crippen molar-refractivity contribution in [3.63, 3.8) is 0 Å². The second-order valence-corrected chi connectivity index (χ2v) is 39.3. The van der Waals surface area contributed by atoms with Gasteiger partial charge < -0.3 is 28.4 Å². The summed E-state index contributed by atoms with van der Waals surface area (Å²) in [5.74, 6) is 11.6. The first-order valence-electron chi connectivity index (χ1n) is 43.0. The SMILES string of the molecule is C#CCOC(=O)CC[C@@H](C)[C@H]1CC[C@H]2[C@@H]3CC[C@@H]4C[C@H](OC(=O)Cn5cc(COC(=O)CC[C@@H](C)[C@H]6CC[C@H]7[C@@H]8CC[C@@H]9C[C@H](OC(=O)Cn%10cc(COC(=O)CC[C@@H](C)[C@H]%11CC[C@H]%12[C@@H]%13CC[C@@H]%14C[C@H](OC(=O)CN=[N+]=[N-])CC[C@]%14(C)[C@H]%13CC[C@]%11%12C)nn%10)CC[C@]9(C)[C@H]8CC[C@]67C)nn5)CC[C@]4(C)[C@H]3CC[C@]12C. The summed E-state index contributed by atoms with van der Waals surface area (Å²) in [7, 11) is 0. The molecule has 0 N–H and O–H groups in total. The fourth-order valence-electron chi connectivity index (χ4n) is 29.2. The Hall–Kier alpha value is -6.03. The van der Waals surface area contributed by atoms with Crippen LogP contribution in [0.25, 0.3) is 10.4 Å². The van der Waals surface area contributed by atoms with Crippen molar-refractivity contribution >= 4 is 35.8 Å². The monoisotopic (exact) mass is 1490 g/mol. The molecule has 0 amide bonds. The number of fused-ring (bicyclic) bond motifs is 15. The lowest BCUT2D eigenvalue weighted by Crippen LogP contribution is -2.54. The van der Waals surface area contributed by atoms with E-state index in [1.165, 1.54) is 119 Å². The third-order valence-electron chi connectivity index (χ3n) is 34.5. The first kappa shape index (κ1) is 78.6. The Kier molecular flexibility index (Phi) is 23.5. The van der Waals surface area contributed by atoms with Gasteiger partial charge in [-0.15, -0.1) is 16.6 Å². The molecule has 27 atom stereocenters.